The van der Waals surface area contributed by atoms with Gasteiger partial charge in [0, 0.05) is 12.6 Å². The lowest BCUT2D eigenvalue weighted by Gasteiger charge is -2.12. The third-order valence-electron chi connectivity index (χ3n) is 1.85. The normalized spacial score (nSPS) is 10.4. The highest BCUT2D eigenvalue weighted by molar-refractivity contribution is 5.49. The van der Waals surface area contributed by atoms with Gasteiger partial charge in [-0.25, -0.2) is 0 Å². The van der Waals surface area contributed by atoms with Crippen molar-refractivity contribution in [1.29, 1.82) is 0 Å². The van der Waals surface area contributed by atoms with Crippen molar-refractivity contribution in [2.75, 3.05) is 40.1 Å². The Labute approximate surface area is 89.8 Å². The van der Waals surface area contributed by atoms with Crippen LogP contribution in [-0.2, 0) is 0 Å². The van der Waals surface area contributed by atoms with E-state index < -0.39 is 0 Å². The lowest BCUT2D eigenvalue weighted by molar-refractivity contribution is 0.252. The predicted molar refractivity (Wildman–Crippen MR) is 59.3 cm³/mol. The molecule has 0 aliphatic carbocycles. The number of nitrogens with two attached hydrogens (primary N) is 1. The second-order valence-electron chi connectivity index (χ2n) is 3.40. The number of methoxy groups -OCH3 is 1. The van der Waals surface area contributed by atoms with Crippen LogP contribution in [0.4, 0.5) is 5.69 Å². The highest BCUT2D eigenvalue weighted by Crippen LogP contribution is 2.21. The number of likely N-dealkylation sites (N-methyl/N-ethyl adjacent to an activating group) is 1. The number of rotatable bonds is 5. The molecule has 1 aromatic rings. The van der Waals surface area contributed by atoms with E-state index in [0.29, 0.717) is 24.1 Å². The Morgan fingerprint density at radius 2 is 2.13 bits per heavy atom. The molecule has 5 nitrogen and oxygen atoms in total. The molecule has 0 atom stereocenters. The Bertz CT molecular complexity index is 316. The first-order chi connectivity index (χ1) is 7.13. The fourth-order valence-electron chi connectivity index (χ4n) is 0.988. The van der Waals surface area contributed by atoms with Gasteiger partial charge >= 0.3 is 0 Å². The standard InChI is InChI=1S/C10H17N3O2/c1-13(2)6-7-15-10-8(11)4-5-9(12-10)14-3/h4-5H,6-7,11H2,1-3H3. The summed E-state index contributed by atoms with van der Waals surface area (Å²) in [7, 11) is 5.51. The van der Waals surface area contributed by atoms with Crippen LogP contribution in [0.3, 0.4) is 0 Å². The van der Waals surface area contributed by atoms with E-state index in [1.807, 2.05) is 19.0 Å². The average molecular weight is 211 g/mol. The Hall–Kier alpha value is -1.49. The number of aromatic nitrogens is 1. The van der Waals surface area contributed by atoms with Crippen LogP contribution in [0, 0.1) is 0 Å². The van der Waals surface area contributed by atoms with Gasteiger partial charge < -0.3 is 20.1 Å². The van der Waals surface area contributed by atoms with Gasteiger partial charge in [0.2, 0.25) is 11.8 Å². The number of anilines is 1. The second-order valence-corrected chi connectivity index (χ2v) is 3.40. The quantitative estimate of drug-likeness (QED) is 0.773. The first-order valence-electron chi connectivity index (χ1n) is 4.71. The SMILES string of the molecule is COc1ccc(N)c(OCCN(C)C)n1. The molecule has 0 fully saturated rings. The molecule has 0 spiro atoms. The number of hydrogen-bond donors (Lipinski definition) is 1. The largest absolute Gasteiger partial charge is 0.481 e. The van der Waals surface area contributed by atoms with E-state index in [9.17, 15) is 0 Å². The average Bonchev–Trinajstić information content (AvgIpc) is 2.20. The number of nitrogen functional groups attached to an aromatic ring is 1. The minimum absolute atomic E-state index is 0.427. The molecule has 1 aromatic heterocycles. The lowest BCUT2D eigenvalue weighted by atomic mass is 10.4. The van der Waals surface area contributed by atoms with Crippen molar-refractivity contribution in [2.24, 2.45) is 0 Å². The Kier molecular flexibility index (Phi) is 4.17. The number of hydrogen-bond acceptors (Lipinski definition) is 5. The zero-order valence-corrected chi connectivity index (χ0v) is 9.36. The maximum absolute atomic E-state index is 5.70. The summed E-state index contributed by atoms with van der Waals surface area (Å²) in [5.74, 6) is 0.931. The molecule has 1 rings (SSSR count). The fraction of sp³-hybridized carbons (Fsp3) is 0.500. The van der Waals surface area contributed by atoms with Crippen LogP contribution in [0.2, 0.25) is 0 Å². The predicted octanol–water partition coefficient (Wildman–Crippen LogP) is 0.613. The lowest BCUT2D eigenvalue weighted by Crippen LogP contribution is -2.20. The second kappa shape index (κ2) is 5.41. The van der Waals surface area contributed by atoms with E-state index in [4.69, 9.17) is 15.2 Å². The first kappa shape index (κ1) is 11.6. The summed E-state index contributed by atoms with van der Waals surface area (Å²) < 4.78 is 10.4. The molecular formula is C10H17N3O2. The molecule has 0 aromatic carbocycles. The summed E-state index contributed by atoms with van der Waals surface area (Å²) >= 11 is 0. The van der Waals surface area contributed by atoms with Crippen LogP contribution < -0.4 is 15.2 Å². The third kappa shape index (κ3) is 3.63. The van der Waals surface area contributed by atoms with E-state index in [1.165, 1.54) is 0 Å². The van der Waals surface area contributed by atoms with Gasteiger partial charge in [-0.3, -0.25) is 0 Å². The molecule has 0 saturated carbocycles. The smallest absolute Gasteiger partial charge is 0.240 e. The van der Waals surface area contributed by atoms with Crippen LogP contribution in [0.1, 0.15) is 0 Å². The van der Waals surface area contributed by atoms with Crippen LogP contribution in [0.15, 0.2) is 12.1 Å². The summed E-state index contributed by atoms with van der Waals surface area (Å²) in [4.78, 5) is 6.12. The molecule has 15 heavy (non-hydrogen) atoms. The van der Waals surface area contributed by atoms with Gasteiger partial charge in [0.05, 0.1) is 12.8 Å². The zero-order chi connectivity index (χ0) is 11.3. The summed E-state index contributed by atoms with van der Waals surface area (Å²) in [5, 5.41) is 0. The fourth-order valence-corrected chi connectivity index (χ4v) is 0.988. The Morgan fingerprint density at radius 1 is 1.40 bits per heavy atom. The summed E-state index contributed by atoms with van der Waals surface area (Å²) in [6.45, 7) is 1.37. The molecule has 1 heterocycles. The molecule has 0 aliphatic heterocycles. The van der Waals surface area contributed by atoms with E-state index in [0.717, 1.165) is 6.54 Å². The molecule has 84 valence electrons. The molecular weight excluding hydrogens is 194 g/mol. The molecule has 0 saturated heterocycles. The number of nitrogens with zero attached hydrogens (tertiary/aromatic N) is 2. The van der Waals surface area contributed by atoms with Gasteiger partial charge in [-0.2, -0.15) is 4.98 Å². The number of ether oxygens (including phenoxy) is 2. The molecule has 0 amide bonds. The third-order valence-corrected chi connectivity index (χ3v) is 1.85. The van der Waals surface area contributed by atoms with Gasteiger partial charge in [0.1, 0.15) is 6.61 Å². The first-order valence-corrected chi connectivity index (χ1v) is 4.71. The summed E-state index contributed by atoms with van der Waals surface area (Å²) in [5.41, 5.74) is 6.23. The van der Waals surface area contributed by atoms with Gasteiger partial charge in [-0.15, -0.1) is 0 Å². The number of pyridine rings is 1. The van der Waals surface area contributed by atoms with E-state index in [2.05, 4.69) is 4.98 Å². The van der Waals surface area contributed by atoms with Gasteiger partial charge in [0.15, 0.2) is 0 Å². The maximum Gasteiger partial charge on any atom is 0.240 e. The van der Waals surface area contributed by atoms with Crippen molar-refractivity contribution in [3.63, 3.8) is 0 Å². The molecule has 0 unspecified atom stereocenters. The molecule has 0 aliphatic rings. The van der Waals surface area contributed by atoms with Crippen LogP contribution in [0.5, 0.6) is 11.8 Å². The molecule has 0 radical (unpaired) electrons. The van der Waals surface area contributed by atoms with Crippen molar-refractivity contribution in [1.82, 2.24) is 9.88 Å². The van der Waals surface area contributed by atoms with Crippen LogP contribution >= 0.6 is 0 Å². The highest BCUT2D eigenvalue weighted by atomic mass is 16.5. The van der Waals surface area contributed by atoms with Gasteiger partial charge in [-0.1, -0.05) is 0 Å². The monoisotopic (exact) mass is 211 g/mol. The maximum atomic E-state index is 5.70. The van der Waals surface area contributed by atoms with E-state index in [1.54, 1.807) is 19.2 Å². The molecule has 5 heteroatoms. The minimum Gasteiger partial charge on any atom is -0.481 e. The van der Waals surface area contributed by atoms with Crippen molar-refractivity contribution < 1.29 is 9.47 Å². The van der Waals surface area contributed by atoms with Crippen molar-refractivity contribution >= 4 is 5.69 Å². The zero-order valence-electron chi connectivity index (χ0n) is 9.36. The Balaban J connectivity index is 2.59. The van der Waals surface area contributed by atoms with Crippen LogP contribution in [0.25, 0.3) is 0 Å². The van der Waals surface area contributed by atoms with Crippen molar-refractivity contribution in [3.8, 4) is 11.8 Å². The summed E-state index contributed by atoms with van der Waals surface area (Å²) in [6.07, 6.45) is 0. The van der Waals surface area contributed by atoms with E-state index >= 15 is 0 Å². The highest BCUT2D eigenvalue weighted by Gasteiger charge is 2.04. The van der Waals surface area contributed by atoms with Gasteiger partial charge in [-0.05, 0) is 20.2 Å². The minimum atomic E-state index is 0.427. The van der Waals surface area contributed by atoms with Gasteiger partial charge in [0.25, 0.3) is 0 Å². The molecule has 0 bridgehead atoms. The van der Waals surface area contributed by atoms with Crippen molar-refractivity contribution in [3.05, 3.63) is 12.1 Å². The van der Waals surface area contributed by atoms with Crippen LogP contribution in [-0.4, -0.2) is 44.2 Å². The topological polar surface area (TPSA) is 60.6 Å². The van der Waals surface area contributed by atoms with Crippen molar-refractivity contribution in [2.45, 2.75) is 0 Å². The molecule has 2 N–H and O–H groups in total. The Morgan fingerprint density at radius 3 is 2.73 bits per heavy atom. The summed E-state index contributed by atoms with van der Waals surface area (Å²) in [6, 6.07) is 3.42. The van der Waals surface area contributed by atoms with E-state index in [-0.39, 0.29) is 0 Å².